The van der Waals surface area contributed by atoms with Gasteiger partial charge in [-0.05, 0) is 59.2 Å². The number of ether oxygens (including phenoxy) is 1. The van der Waals surface area contributed by atoms with E-state index in [9.17, 15) is 0 Å². The van der Waals surface area contributed by atoms with Gasteiger partial charge in [0.25, 0.3) is 0 Å². The van der Waals surface area contributed by atoms with Crippen molar-refractivity contribution >= 4 is 27.3 Å². The molecule has 0 fully saturated rings. The summed E-state index contributed by atoms with van der Waals surface area (Å²) in [5.74, 6) is 0.903. The van der Waals surface area contributed by atoms with Gasteiger partial charge in [-0.25, -0.2) is 0 Å². The number of nitrogens with one attached hydrogen (secondary N) is 1. The first-order chi connectivity index (χ1) is 10.1. The first kappa shape index (κ1) is 16.5. The van der Waals surface area contributed by atoms with E-state index in [0.717, 1.165) is 18.8 Å². The van der Waals surface area contributed by atoms with Crippen LogP contribution in [0.2, 0.25) is 0 Å². The minimum absolute atomic E-state index is 0.318. The van der Waals surface area contributed by atoms with Gasteiger partial charge in [-0.1, -0.05) is 12.1 Å². The van der Waals surface area contributed by atoms with Crippen molar-refractivity contribution in [2.24, 2.45) is 0 Å². The Hall–Kier alpha value is -0.880. The number of hydrogen-bond donors (Lipinski definition) is 1. The molecule has 1 unspecified atom stereocenters. The molecule has 1 heterocycles. The van der Waals surface area contributed by atoms with Gasteiger partial charge in [-0.2, -0.15) is 0 Å². The van der Waals surface area contributed by atoms with Crippen molar-refractivity contribution < 1.29 is 4.74 Å². The zero-order valence-corrected chi connectivity index (χ0v) is 15.0. The molecule has 0 spiro atoms. The number of methoxy groups -OCH3 is 1. The lowest BCUT2D eigenvalue weighted by molar-refractivity contribution is 0.287. The molecule has 0 saturated carbocycles. The van der Waals surface area contributed by atoms with Crippen LogP contribution in [0, 0.1) is 0 Å². The topological polar surface area (TPSA) is 24.5 Å². The van der Waals surface area contributed by atoms with Crippen molar-refractivity contribution in [1.29, 1.82) is 0 Å². The summed E-state index contributed by atoms with van der Waals surface area (Å²) in [6.07, 6.45) is 0. The average molecular weight is 369 g/mol. The molecule has 1 N–H and O–H groups in total. The molecular weight excluding hydrogens is 348 g/mol. The Labute approximate surface area is 139 Å². The molecule has 0 aliphatic carbocycles. The summed E-state index contributed by atoms with van der Waals surface area (Å²) >= 11 is 5.34. The highest BCUT2D eigenvalue weighted by atomic mass is 79.9. The molecular formula is C16H21BrN2OS. The molecule has 1 atom stereocenters. The van der Waals surface area contributed by atoms with Gasteiger partial charge in [-0.3, -0.25) is 0 Å². The van der Waals surface area contributed by atoms with Crippen molar-refractivity contribution in [2.45, 2.75) is 12.6 Å². The number of rotatable bonds is 7. The lowest BCUT2D eigenvalue weighted by Crippen LogP contribution is -2.30. The average Bonchev–Trinajstić information content (AvgIpc) is 2.88. The summed E-state index contributed by atoms with van der Waals surface area (Å²) in [6.45, 7) is 1.77. The number of hydrogen-bond acceptors (Lipinski definition) is 4. The Morgan fingerprint density at radius 1 is 1.33 bits per heavy atom. The van der Waals surface area contributed by atoms with Gasteiger partial charge in [-0.15, -0.1) is 11.3 Å². The minimum Gasteiger partial charge on any atom is -0.497 e. The van der Waals surface area contributed by atoms with E-state index in [0.29, 0.717) is 6.04 Å². The Balaban J connectivity index is 2.00. The number of benzene rings is 1. The Morgan fingerprint density at radius 2 is 2.14 bits per heavy atom. The van der Waals surface area contributed by atoms with Crippen LogP contribution >= 0.6 is 27.3 Å². The Morgan fingerprint density at radius 3 is 2.76 bits per heavy atom. The molecule has 114 valence electrons. The smallest absolute Gasteiger partial charge is 0.119 e. The van der Waals surface area contributed by atoms with Gasteiger partial charge in [0.15, 0.2) is 0 Å². The van der Waals surface area contributed by atoms with Crippen LogP contribution in [0.15, 0.2) is 40.2 Å². The lowest BCUT2D eigenvalue weighted by atomic mass is 10.1. The summed E-state index contributed by atoms with van der Waals surface area (Å²) in [5.41, 5.74) is 1.26. The van der Waals surface area contributed by atoms with E-state index in [1.165, 1.54) is 14.9 Å². The predicted octanol–water partition coefficient (Wildman–Crippen LogP) is 3.91. The highest BCUT2D eigenvalue weighted by Crippen LogP contribution is 2.24. The van der Waals surface area contributed by atoms with E-state index in [1.807, 2.05) is 12.1 Å². The number of likely N-dealkylation sites (N-methyl/N-ethyl adjacent to an activating group) is 1. The van der Waals surface area contributed by atoms with E-state index in [4.69, 9.17) is 4.74 Å². The van der Waals surface area contributed by atoms with Gasteiger partial charge in [0.1, 0.15) is 5.75 Å². The van der Waals surface area contributed by atoms with Crippen molar-refractivity contribution in [3.8, 4) is 5.75 Å². The highest BCUT2D eigenvalue weighted by molar-refractivity contribution is 9.10. The zero-order chi connectivity index (χ0) is 15.2. The lowest BCUT2D eigenvalue weighted by Gasteiger charge is -2.25. The number of halogens is 1. The maximum Gasteiger partial charge on any atom is 0.119 e. The normalized spacial score (nSPS) is 12.6. The second-order valence-electron chi connectivity index (χ2n) is 5.08. The monoisotopic (exact) mass is 368 g/mol. The molecule has 21 heavy (non-hydrogen) atoms. The van der Waals surface area contributed by atoms with Crippen LogP contribution in [0.5, 0.6) is 5.75 Å². The predicted molar refractivity (Wildman–Crippen MR) is 93.1 cm³/mol. The molecule has 0 amide bonds. The van der Waals surface area contributed by atoms with Crippen LogP contribution in [0.25, 0.3) is 0 Å². The van der Waals surface area contributed by atoms with Gasteiger partial charge in [0, 0.05) is 28.5 Å². The van der Waals surface area contributed by atoms with Crippen molar-refractivity contribution in [1.82, 2.24) is 10.2 Å². The summed E-state index contributed by atoms with van der Waals surface area (Å²) < 4.78 is 6.50. The van der Waals surface area contributed by atoms with Crippen LogP contribution in [-0.2, 0) is 6.54 Å². The van der Waals surface area contributed by atoms with Crippen molar-refractivity contribution in [3.05, 3.63) is 50.6 Å². The highest BCUT2D eigenvalue weighted by Gasteiger charge is 2.14. The molecule has 0 radical (unpaired) electrons. The van der Waals surface area contributed by atoms with Crippen LogP contribution in [0.1, 0.15) is 16.5 Å². The largest absolute Gasteiger partial charge is 0.497 e. The molecule has 1 aromatic carbocycles. The first-order valence-corrected chi connectivity index (χ1v) is 8.52. The fourth-order valence-corrected chi connectivity index (χ4v) is 3.68. The summed E-state index contributed by atoms with van der Waals surface area (Å²) in [6, 6.07) is 10.7. The van der Waals surface area contributed by atoms with Crippen LogP contribution in [0.4, 0.5) is 0 Å². The zero-order valence-electron chi connectivity index (χ0n) is 12.6. The third-order valence-corrected chi connectivity index (χ3v) is 5.34. The summed E-state index contributed by atoms with van der Waals surface area (Å²) in [7, 11) is 5.91. The van der Waals surface area contributed by atoms with Gasteiger partial charge in [0.2, 0.25) is 0 Å². The molecule has 0 aliphatic rings. The third kappa shape index (κ3) is 4.54. The molecule has 1 aromatic heterocycles. The summed E-state index contributed by atoms with van der Waals surface area (Å²) in [4.78, 5) is 3.56. The maximum atomic E-state index is 5.32. The van der Waals surface area contributed by atoms with Crippen molar-refractivity contribution in [2.75, 3.05) is 27.7 Å². The van der Waals surface area contributed by atoms with E-state index in [1.54, 1.807) is 18.4 Å². The van der Waals surface area contributed by atoms with E-state index in [2.05, 4.69) is 63.8 Å². The van der Waals surface area contributed by atoms with Crippen molar-refractivity contribution in [3.63, 3.8) is 0 Å². The van der Waals surface area contributed by atoms with Gasteiger partial charge < -0.3 is 15.0 Å². The minimum atomic E-state index is 0.318. The molecule has 2 aromatic rings. The van der Waals surface area contributed by atoms with Gasteiger partial charge >= 0.3 is 0 Å². The standard InChI is InChI=1S/C16H21BrN2OS/c1-19(2)15(12-5-4-6-13(9-12)20-3)10-18-11-16-14(17)7-8-21-16/h4-9,15,18H,10-11H2,1-3H3. The number of thiophene rings is 1. The molecule has 0 saturated heterocycles. The fourth-order valence-electron chi connectivity index (χ4n) is 2.22. The molecule has 2 rings (SSSR count). The fraction of sp³-hybridized carbons (Fsp3) is 0.375. The van der Waals surface area contributed by atoms with Gasteiger partial charge in [0.05, 0.1) is 7.11 Å². The SMILES string of the molecule is COc1cccc(C(CNCc2sccc2Br)N(C)C)c1. The maximum absolute atomic E-state index is 5.32. The molecule has 3 nitrogen and oxygen atoms in total. The number of nitrogens with zero attached hydrogens (tertiary/aromatic N) is 1. The quantitative estimate of drug-likeness (QED) is 0.801. The molecule has 5 heteroatoms. The van der Waals surface area contributed by atoms with Crippen LogP contribution in [0.3, 0.4) is 0 Å². The second kappa shape index (κ2) is 7.94. The molecule has 0 bridgehead atoms. The first-order valence-electron chi connectivity index (χ1n) is 6.84. The Bertz CT molecular complexity index is 571. The van der Waals surface area contributed by atoms with E-state index in [-0.39, 0.29) is 0 Å². The van der Waals surface area contributed by atoms with E-state index < -0.39 is 0 Å². The summed E-state index contributed by atoms with van der Waals surface area (Å²) in [5, 5.41) is 5.65. The Kier molecular flexibility index (Phi) is 6.23. The van der Waals surface area contributed by atoms with Crippen LogP contribution < -0.4 is 10.1 Å². The molecule has 0 aliphatic heterocycles. The van der Waals surface area contributed by atoms with Crippen LogP contribution in [-0.4, -0.2) is 32.6 Å². The van der Waals surface area contributed by atoms with E-state index >= 15 is 0 Å². The second-order valence-corrected chi connectivity index (χ2v) is 6.93. The third-order valence-electron chi connectivity index (χ3n) is 3.42.